The lowest BCUT2D eigenvalue weighted by atomic mass is 10.2. The first-order valence-electron chi connectivity index (χ1n) is 6.99. The average Bonchev–Trinajstić information content (AvgIpc) is 2.42. The van der Waals surface area contributed by atoms with Gasteiger partial charge in [0.15, 0.2) is 0 Å². The van der Waals surface area contributed by atoms with Gasteiger partial charge >= 0.3 is 0 Å². The number of hydrogen-bond donors (Lipinski definition) is 2. The van der Waals surface area contributed by atoms with Crippen LogP contribution >= 0.6 is 0 Å². The Labute approximate surface area is 122 Å². The number of nitrogens with zero attached hydrogens (tertiary/aromatic N) is 1. The van der Waals surface area contributed by atoms with Crippen molar-refractivity contribution in [1.29, 1.82) is 0 Å². The summed E-state index contributed by atoms with van der Waals surface area (Å²) in [5.41, 5.74) is 6.85. The first kappa shape index (κ1) is 16.9. The topological polar surface area (TPSA) is 75.4 Å². The molecule has 20 heavy (non-hydrogen) atoms. The highest BCUT2D eigenvalue weighted by Crippen LogP contribution is 2.19. The van der Waals surface area contributed by atoms with E-state index in [4.69, 9.17) is 5.73 Å². The van der Waals surface area contributed by atoms with Crippen LogP contribution in [0.15, 0.2) is 23.1 Å². The van der Waals surface area contributed by atoms with Crippen molar-refractivity contribution in [3.05, 3.63) is 23.8 Å². The van der Waals surface area contributed by atoms with Gasteiger partial charge in [-0.2, -0.15) is 0 Å². The molecule has 0 aromatic heterocycles. The monoisotopic (exact) mass is 299 g/mol. The van der Waals surface area contributed by atoms with Crippen LogP contribution in [0.2, 0.25) is 0 Å². The predicted octanol–water partition coefficient (Wildman–Crippen LogP) is 1.59. The van der Waals surface area contributed by atoms with E-state index in [1.165, 1.54) is 0 Å². The van der Waals surface area contributed by atoms with Gasteiger partial charge in [-0.25, -0.2) is 13.1 Å². The van der Waals surface area contributed by atoms with E-state index in [1.54, 1.807) is 25.1 Å². The van der Waals surface area contributed by atoms with Gasteiger partial charge in [-0.3, -0.25) is 0 Å². The van der Waals surface area contributed by atoms with Crippen LogP contribution in [0.1, 0.15) is 25.8 Å². The summed E-state index contributed by atoms with van der Waals surface area (Å²) in [7, 11) is -3.47. The van der Waals surface area contributed by atoms with Crippen molar-refractivity contribution in [3.8, 4) is 0 Å². The molecule has 1 aromatic rings. The maximum Gasteiger partial charge on any atom is 0.240 e. The van der Waals surface area contributed by atoms with Crippen LogP contribution in [0.4, 0.5) is 5.69 Å². The molecule has 0 aliphatic heterocycles. The lowest BCUT2D eigenvalue weighted by molar-refractivity contribution is 0.300. The summed E-state index contributed by atoms with van der Waals surface area (Å²) < 4.78 is 27.1. The summed E-state index contributed by atoms with van der Waals surface area (Å²) in [5.74, 6) is 0. The van der Waals surface area contributed by atoms with Crippen LogP contribution in [0.25, 0.3) is 0 Å². The number of benzene rings is 1. The minimum absolute atomic E-state index is 0.264. The number of rotatable bonds is 8. The number of sulfonamides is 1. The fourth-order valence-corrected chi connectivity index (χ4v) is 3.40. The lowest BCUT2D eigenvalue weighted by Crippen LogP contribution is -2.30. The van der Waals surface area contributed by atoms with Gasteiger partial charge in [0.1, 0.15) is 0 Å². The van der Waals surface area contributed by atoms with E-state index in [0.717, 1.165) is 26.1 Å². The second-order valence-corrected chi connectivity index (χ2v) is 6.48. The Balaban J connectivity index is 2.60. The summed E-state index contributed by atoms with van der Waals surface area (Å²) in [5, 5.41) is 0. The zero-order chi connectivity index (χ0) is 15.2. The lowest BCUT2D eigenvalue weighted by Gasteiger charge is -2.18. The Bertz CT molecular complexity index is 525. The second-order valence-electron chi connectivity index (χ2n) is 4.75. The van der Waals surface area contributed by atoms with E-state index in [-0.39, 0.29) is 4.90 Å². The van der Waals surface area contributed by atoms with E-state index in [0.29, 0.717) is 17.8 Å². The maximum absolute atomic E-state index is 12.2. The molecule has 6 heteroatoms. The van der Waals surface area contributed by atoms with Crippen molar-refractivity contribution in [2.24, 2.45) is 0 Å². The molecule has 0 saturated heterocycles. The van der Waals surface area contributed by atoms with Gasteiger partial charge in [0, 0.05) is 12.2 Å². The first-order chi connectivity index (χ1) is 9.42. The smallest absolute Gasteiger partial charge is 0.240 e. The molecule has 114 valence electrons. The number of nitrogens with two attached hydrogens (primary N) is 1. The van der Waals surface area contributed by atoms with Crippen molar-refractivity contribution >= 4 is 15.7 Å². The van der Waals surface area contributed by atoms with Gasteiger partial charge < -0.3 is 10.6 Å². The molecule has 0 bridgehead atoms. The molecule has 0 atom stereocenters. The highest BCUT2D eigenvalue weighted by atomic mass is 32.2. The minimum atomic E-state index is -3.47. The molecule has 0 saturated carbocycles. The van der Waals surface area contributed by atoms with Crippen LogP contribution in [0, 0.1) is 6.92 Å². The van der Waals surface area contributed by atoms with Gasteiger partial charge in [0.2, 0.25) is 10.0 Å². The third-order valence-electron chi connectivity index (χ3n) is 3.45. The van der Waals surface area contributed by atoms with Gasteiger partial charge in [-0.1, -0.05) is 19.9 Å². The van der Waals surface area contributed by atoms with Crippen LogP contribution in [0.3, 0.4) is 0 Å². The molecule has 0 unspecified atom stereocenters. The molecular formula is C14H25N3O2S. The van der Waals surface area contributed by atoms with Crippen molar-refractivity contribution in [2.75, 3.05) is 31.9 Å². The van der Waals surface area contributed by atoms with E-state index in [9.17, 15) is 8.42 Å². The number of nitrogen functional groups attached to an aromatic ring is 1. The first-order valence-corrected chi connectivity index (χ1v) is 8.47. The fourth-order valence-electron chi connectivity index (χ4n) is 2.05. The standard InChI is InChI=1S/C14H25N3O2S/c1-4-17(5-2)11-7-10-16-20(18,19)14-9-6-8-13(15)12(14)3/h6,8-9,16H,4-5,7,10-11,15H2,1-3H3. The van der Waals surface area contributed by atoms with Crippen molar-refractivity contribution in [1.82, 2.24) is 9.62 Å². The highest BCUT2D eigenvalue weighted by Gasteiger charge is 2.17. The zero-order valence-electron chi connectivity index (χ0n) is 12.5. The van der Waals surface area contributed by atoms with Crippen molar-refractivity contribution in [2.45, 2.75) is 32.1 Å². The van der Waals surface area contributed by atoms with Gasteiger partial charge in [0.25, 0.3) is 0 Å². The summed E-state index contributed by atoms with van der Waals surface area (Å²) >= 11 is 0. The average molecular weight is 299 g/mol. The Hall–Kier alpha value is -1.11. The van der Waals surface area contributed by atoms with Crippen LogP contribution < -0.4 is 10.5 Å². The summed E-state index contributed by atoms with van der Waals surface area (Å²) in [6, 6.07) is 4.94. The molecule has 0 aliphatic carbocycles. The normalized spacial score (nSPS) is 12.0. The van der Waals surface area contributed by atoms with E-state index in [1.807, 2.05) is 0 Å². The van der Waals surface area contributed by atoms with Crippen LogP contribution in [-0.2, 0) is 10.0 Å². The predicted molar refractivity (Wildman–Crippen MR) is 83.2 cm³/mol. The quantitative estimate of drug-likeness (QED) is 0.564. The highest BCUT2D eigenvalue weighted by molar-refractivity contribution is 7.89. The molecular weight excluding hydrogens is 274 g/mol. The fraction of sp³-hybridized carbons (Fsp3) is 0.571. The molecule has 0 heterocycles. The molecule has 0 aliphatic rings. The minimum Gasteiger partial charge on any atom is -0.398 e. The Morgan fingerprint density at radius 3 is 2.50 bits per heavy atom. The largest absolute Gasteiger partial charge is 0.398 e. The van der Waals surface area contributed by atoms with E-state index < -0.39 is 10.0 Å². The third-order valence-corrected chi connectivity index (χ3v) is 5.06. The van der Waals surface area contributed by atoms with E-state index >= 15 is 0 Å². The van der Waals surface area contributed by atoms with E-state index in [2.05, 4.69) is 23.5 Å². The Morgan fingerprint density at radius 1 is 1.25 bits per heavy atom. The molecule has 0 amide bonds. The number of hydrogen-bond acceptors (Lipinski definition) is 4. The zero-order valence-corrected chi connectivity index (χ0v) is 13.3. The van der Waals surface area contributed by atoms with Gasteiger partial charge in [-0.15, -0.1) is 0 Å². The number of nitrogens with one attached hydrogen (secondary N) is 1. The SMILES string of the molecule is CCN(CC)CCCNS(=O)(=O)c1cccc(N)c1C. The van der Waals surface area contributed by atoms with Crippen LogP contribution in [-0.4, -0.2) is 39.5 Å². The second kappa shape index (κ2) is 7.61. The van der Waals surface area contributed by atoms with Gasteiger partial charge in [-0.05, 0) is 50.7 Å². The maximum atomic E-state index is 12.2. The van der Waals surface area contributed by atoms with Crippen LogP contribution in [0.5, 0.6) is 0 Å². The van der Waals surface area contributed by atoms with Gasteiger partial charge in [0.05, 0.1) is 4.90 Å². The van der Waals surface area contributed by atoms with Crippen molar-refractivity contribution < 1.29 is 8.42 Å². The summed E-state index contributed by atoms with van der Waals surface area (Å²) in [6.45, 7) is 9.22. The van der Waals surface area contributed by atoms with Crippen molar-refractivity contribution in [3.63, 3.8) is 0 Å². The molecule has 0 fully saturated rings. The molecule has 0 radical (unpaired) electrons. The Morgan fingerprint density at radius 2 is 1.90 bits per heavy atom. The molecule has 0 spiro atoms. The molecule has 5 nitrogen and oxygen atoms in total. The summed E-state index contributed by atoms with van der Waals surface area (Å²) in [4.78, 5) is 2.53. The number of anilines is 1. The third kappa shape index (κ3) is 4.47. The Kier molecular flexibility index (Phi) is 6.45. The summed E-state index contributed by atoms with van der Waals surface area (Å²) in [6.07, 6.45) is 0.794. The molecule has 1 aromatic carbocycles. The molecule has 1 rings (SSSR count). The molecule has 3 N–H and O–H groups in total.